The number of carbonyl (C=O) groups is 1. The Bertz CT molecular complexity index is 989. The van der Waals surface area contributed by atoms with Crippen molar-refractivity contribution >= 4 is 16.8 Å². The van der Waals surface area contributed by atoms with Gasteiger partial charge in [0.2, 0.25) is 5.91 Å². The van der Waals surface area contributed by atoms with Gasteiger partial charge in [0.1, 0.15) is 6.17 Å². The van der Waals surface area contributed by atoms with Crippen LogP contribution in [-0.4, -0.2) is 51.1 Å². The molecule has 0 bridgehead atoms. The zero-order valence-corrected chi connectivity index (χ0v) is 14.9. The van der Waals surface area contributed by atoms with Crippen molar-refractivity contribution in [2.45, 2.75) is 32.0 Å². The number of alkyl halides is 1. The molecule has 0 saturated carbocycles. The molecule has 1 saturated heterocycles. The molecule has 7 nitrogen and oxygen atoms in total. The molecule has 0 unspecified atom stereocenters. The van der Waals surface area contributed by atoms with E-state index in [2.05, 4.69) is 15.0 Å². The lowest BCUT2D eigenvalue weighted by atomic mass is 10.0. The molecule has 140 valence electrons. The summed E-state index contributed by atoms with van der Waals surface area (Å²) in [5.74, 6) is 1.07. The topological polar surface area (TPSA) is 98.1 Å². The maximum atomic E-state index is 13.8. The molecule has 0 radical (unpaired) electrons. The Labute approximate surface area is 155 Å². The second-order valence-corrected chi connectivity index (χ2v) is 6.82. The number of aryl methyl sites for hydroxylation is 1. The number of oxazole rings is 1. The number of amides is 1. The minimum absolute atomic E-state index is 0.0458. The number of rotatable bonds is 3. The molecule has 2 N–H and O–H groups in total. The van der Waals surface area contributed by atoms with E-state index >= 15 is 0 Å². The summed E-state index contributed by atoms with van der Waals surface area (Å²) >= 11 is 0. The summed E-state index contributed by atoms with van der Waals surface area (Å²) in [5, 5.41) is 0.850. The smallest absolute Gasteiger partial charge is 0.228 e. The van der Waals surface area contributed by atoms with Crippen LogP contribution in [0.15, 0.2) is 35.1 Å². The van der Waals surface area contributed by atoms with Crippen LogP contribution in [0.1, 0.15) is 18.0 Å². The summed E-state index contributed by atoms with van der Waals surface area (Å²) in [7, 11) is 0. The Morgan fingerprint density at radius 2 is 2.15 bits per heavy atom. The van der Waals surface area contributed by atoms with E-state index < -0.39 is 12.2 Å². The van der Waals surface area contributed by atoms with Crippen molar-refractivity contribution in [2.24, 2.45) is 5.73 Å². The largest absolute Gasteiger partial charge is 0.441 e. The summed E-state index contributed by atoms with van der Waals surface area (Å²) < 4.78 is 19.3. The van der Waals surface area contributed by atoms with Gasteiger partial charge in [0, 0.05) is 36.7 Å². The number of piperidine rings is 1. The lowest BCUT2D eigenvalue weighted by Gasteiger charge is -2.32. The molecule has 1 amide bonds. The van der Waals surface area contributed by atoms with Gasteiger partial charge < -0.3 is 15.1 Å². The van der Waals surface area contributed by atoms with Crippen molar-refractivity contribution in [3.63, 3.8) is 0 Å². The predicted molar refractivity (Wildman–Crippen MR) is 97.5 cm³/mol. The normalized spacial score (nSPS) is 20.2. The zero-order valence-electron chi connectivity index (χ0n) is 14.9. The van der Waals surface area contributed by atoms with Gasteiger partial charge in [0.25, 0.3) is 0 Å². The second-order valence-electron chi connectivity index (χ2n) is 6.82. The molecule has 1 fully saturated rings. The Hall–Kier alpha value is -2.87. The average molecular weight is 369 g/mol. The van der Waals surface area contributed by atoms with Crippen LogP contribution < -0.4 is 5.73 Å². The second kappa shape index (κ2) is 7.03. The zero-order chi connectivity index (χ0) is 19.0. The third kappa shape index (κ3) is 3.66. The molecule has 0 aromatic carbocycles. The molecule has 1 aliphatic rings. The van der Waals surface area contributed by atoms with Gasteiger partial charge in [-0.25, -0.2) is 9.37 Å². The summed E-state index contributed by atoms with van der Waals surface area (Å²) in [6.45, 7) is 2.30. The van der Waals surface area contributed by atoms with Crippen LogP contribution in [0.25, 0.3) is 22.2 Å². The minimum Gasteiger partial charge on any atom is -0.441 e. The number of aromatic nitrogens is 3. The summed E-state index contributed by atoms with van der Waals surface area (Å²) in [6, 6.07) is 3.27. The van der Waals surface area contributed by atoms with Crippen molar-refractivity contribution in [1.29, 1.82) is 0 Å². The Morgan fingerprint density at radius 1 is 1.30 bits per heavy atom. The van der Waals surface area contributed by atoms with Crippen LogP contribution in [0, 0.1) is 6.92 Å². The van der Waals surface area contributed by atoms with Gasteiger partial charge in [-0.1, -0.05) is 0 Å². The number of nitrogens with zero attached hydrogens (tertiary/aromatic N) is 4. The summed E-state index contributed by atoms with van der Waals surface area (Å²) in [5.41, 5.74) is 7.81. The highest BCUT2D eigenvalue weighted by molar-refractivity contribution is 5.84. The van der Waals surface area contributed by atoms with Crippen molar-refractivity contribution in [2.75, 3.05) is 13.1 Å². The van der Waals surface area contributed by atoms with E-state index in [9.17, 15) is 9.18 Å². The number of hydrogen-bond donors (Lipinski definition) is 1. The number of likely N-dealkylation sites (tertiary alicyclic amines) is 1. The van der Waals surface area contributed by atoms with Crippen LogP contribution in [-0.2, 0) is 11.2 Å². The van der Waals surface area contributed by atoms with Gasteiger partial charge in [-0.15, -0.1) is 0 Å². The van der Waals surface area contributed by atoms with Gasteiger partial charge in [-0.2, -0.15) is 0 Å². The van der Waals surface area contributed by atoms with Gasteiger partial charge >= 0.3 is 0 Å². The molecule has 4 heterocycles. The number of halogens is 1. The van der Waals surface area contributed by atoms with Crippen LogP contribution in [0.5, 0.6) is 0 Å². The van der Waals surface area contributed by atoms with E-state index in [0.717, 1.165) is 16.5 Å². The molecule has 3 aromatic heterocycles. The van der Waals surface area contributed by atoms with E-state index in [1.54, 1.807) is 25.5 Å². The highest BCUT2D eigenvalue weighted by Gasteiger charge is 2.29. The summed E-state index contributed by atoms with van der Waals surface area (Å²) in [4.78, 5) is 26.8. The molecule has 2 atom stereocenters. The maximum absolute atomic E-state index is 13.8. The molecular formula is C19H20FN5O2. The Morgan fingerprint density at radius 3 is 2.89 bits per heavy atom. The van der Waals surface area contributed by atoms with Crippen LogP contribution in [0.3, 0.4) is 0 Å². The van der Waals surface area contributed by atoms with Crippen molar-refractivity contribution < 1.29 is 13.6 Å². The third-order valence-electron chi connectivity index (χ3n) is 4.81. The molecule has 1 aliphatic heterocycles. The van der Waals surface area contributed by atoms with E-state index in [1.807, 2.05) is 12.1 Å². The van der Waals surface area contributed by atoms with E-state index in [0.29, 0.717) is 30.3 Å². The fourth-order valence-electron chi connectivity index (χ4n) is 3.22. The minimum atomic E-state index is -1.18. The molecule has 3 aromatic rings. The standard InChI is InChI=1S/C19H20FN5O2/c1-11-22-9-18(27-11)13-4-12-5-14(23-8-17(12)24-7-13)6-19(26)25-3-2-16(21)15(20)10-25/h4-5,7-9,15-16H,2-3,6,10,21H2,1H3/t15-,16-/m1/s1. The Kier molecular flexibility index (Phi) is 4.57. The number of hydrogen-bond acceptors (Lipinski definition) is 6. The molecular weight excluding hydrogens is 349 g/mol. The van der Waals surface area contributed by atoms with Crippen LogP contribution in [0.4, 0.5) is 4.39 Å². The van der Waals surface area contributed by atoms with Crippen LogP contribution in [0.2, 0.25) is 0 Å². The van der Waals surface area contributed by atoms with Gasteiger partial charge in [-0.3, -0.25) is 14.8 Å². The van der Waals surface area contributed by atoms with E-state index in [4.69, 9.17) is 10.2 Å². The number of fused-ring (bicyclic) bond motifs is 1. The molecule has 0 aliphatic carbocycles. The lowest BCUT2D eigenvalue weighted by molar-refractivity contribution is -0.132. The fraction of sp³-hybridized carbons (Fsp3) is 0.368. The first-order valence-corrected chi connectivity index (χ1v) is 8.84. The van der Waals surface area contributed by atoms with Crippen molar-refractivity contribution in [3.8, 4) is 11.3 Å². The monoisotopic (exact) mass is 369 g/mol. The number of carbonyl (C=O) groups excluding carboxylic acids is 1. The number of nitrogens with two attached hydrogens (primary N) is 1. The average Bonchev–Trinajstić information content (AvgIpc) is 3.09. The maximum Gasteiger partial charge on any atom is 0.228 e. The van der Waals surface area contributed by atoms with Crippen molar-refractivity contribution in [3.05, 3.63) is 42.3 Å². The molecule has 8 heteroatoms. The van der Waals surface area contributed by atoms with E-state index in [1.165, 1.54) is 4.90 Å². The van der Waals surface area contributed by atoms with Gasteiger partial charge in [0.05, 0.1) is 36.6 Å². The van der Waals surface area contributed by atoms with Crippen molar-refractivity contribution in [1.82, 2.24) is 19.9 Å². The highest BCUT2D eigenvalue weighted by atomic mass is 19.1. The predicted octanol–water partition coefficient (Wildman–Crippen LogP) is 2.03. The first-order chi connectivity index (χ1) is 13.0. The van der Waals surface area contributed by atoms with Gasteiger partial charge in [-0.05, 0) is 18.6 Å². The quantitative estimate of drug-likeness (QED) is 0.759. The number of pyridine rings is 2. The summed E-state index contributed by atoms with van der Waals surface area (Å²) in [6.07, 6.45) is 4.40. The highest BCUT2D eigenvalue weighted by Crippen LogP contribution is 2.24. The van der Waals surface area contributed by atoms with Crippen LogP contribution >= 0.6 is 0 Å². The Balaban J connectivity index is 1.54. The van der Waals surface area contributed by atoms with E-state index in [-0.39, 0.29) is 18.9 Å². The third-order valence-corrected chi connectivity index (χ3v) is 4.81. The molecule has 4 rings (SSSR count). The first kappa shape index (κ1) is 17.5. The SMILES string of the molecule is Cc1ncc(-c2cnc3cnc(CC(=O)N4CC[C@@H](N)[C@H](F)C4)cc3c2)o1. The first-order valence-electron chi connectivity index (χ1n) is 8.84. The molecule has 0 spiro atoms. The fourth-order valence-corrected chi connectivity index (χ4v) is 3.22. The lowest BCUT2D eigenvalue weighted by Crippen LogP contribution is -2.50. The molecule has 27 heavy (non-hydrogen) atoms. The van der Waals surface area contributed by atoms with Gasteiger partial charge in [0.15, 0.2) is 11.7 Å².